The Hall–Kier alpha value is -4.30. The molecule has 2 aliphatic rings. The normalized spacial score (nSPS) is 17.0. The summed E-state index contributed by atoms with van der Waals surface area (Å²) in [5, 5.41) is 5.72. The number of benzene rings is 3. The highest BCUT2D eigenvalue weighted by molar-refractivity contribution is 8.16. The van der Waals surface area contributed by atoms with E-state index in [1.165, 1.54) is 11.8 Å². The summed E-state index contributed by atoms with van der Waals surface area (Å²) < 4.78 is 11.3. The van der Waals surface area contributed by atoms with Crippen LogP contribution in [0.4, 0.5) is 0 Å². The molecular weight excluding hydrogens is 522 g/mol. The molecule has 3 aromatic rings. The summed E-state index contributed by atoms with van der Waals surface area (Å²) in [5.41, 5.74) is 4.30. The first-order valence-corrected chi connectivity index (χ1v) is 14.1. The van der Waals surface area contributed by atoms with Crippen LogP contribution in [0, 0.1) is 0 Å². The maximum absolute atomic E-state index is 13.7. The zero-order valence-corrected chi connectivity index (χ0v) is 23.5. The van der Waals surface area contributed by atoms with Crippen molar-refractivity contribution in [2.75, 3.05) is 13.7 Å². The number of carbonyl (C=O) groups excluding carboxylic acids is 2. The number of carbonyl (C=O) groups is 2. The molecular formula is C32H31N3O4S. The molecule has 0 aromatic heterocycles. The van der Waals surface area contributed by atoms with Crippen LogP contribution in [0.3, 0.4) is 0 Å². The van der Waals surface area contributed by atoms with Gasteiger partial charge in [-0.25, -0.2) is 9.79 Å². The Morgan fingerprint density at radius 3 is 2.38 bits per heavy atom. The largest absolute Gasteiger partial charge is 0.496 e. The summed E-state index contributed by atoms with van der Waals surface area (Å²) >= 11 is 1.44. The van der Waals surface area contributed by atoms with Crippen molar-refractivity contribution in [2.24, 2.45) is 4.99 Å². The Kier molecular flexibility index (Phi) is 8.36. The number of amides is 1. The van der Waals surface area contributed by atoms with Gasteiger partial charge in [-0.1, -0.05) is 90.6 Å². The molecule has 0 saturated heterocycles. The second kappa shape index (κ2) is 12.3. The van der Waals surface area contributed by atoms with Gasteiger partial charge in [0.2, 0.25) is 5.91 Å². The average Bonchev–Trinajstić information content (AvgIpc) is 3.39. The molecule has 1 amide bonds. The molecule has 1 N–H and O–H groups in total. The van der Waals surface area contributed by atoms with Gasteiger partial charge in [-0.15, -0.1) is 0 Å². The molecule has 7 nitrogen and oxygen atoms in total. The summed E-state index contributed by atoms with van der Waals surface area (Å²) in [6.07, 6.45) is 0.117. The van der Waals surface area contributed by atoms with Crippen LogP contribution in [0.2, 0.25) is 0 Å². The van der Waals surface area contributed by atoms with Crippen molar-refractivity contribution in [3.05, 3.63) is 118 Å². The highest BCUT2D eigenvalue weighted by Crippen LogP contribution is 2.48. The molecule has 40 heavy (non-hydrogen) atoms. The zero-order chi connectivity index (χ0) is 28.1. The highest BCUT2D eigenvalue weighted by atomic mass is 32.2. The fraction of sp³-hybridized carbons (Fsp3) is 0.219. The molecule has 2 unspecified atom stereocenters. The molecule has 2 atom stereocenters. The molecule has 2 aliphatic heterocycles. The van der Waals surface area contributed by atoms with Crippen LogP contribution in [-0.4, -0.2) is 35.7 Å². The lowest BCUT2D eigenvalue weighted by atomic mass is 9.91. The number of amidine groups is 1. The predicted molar refractivity (Wildman–Crippen MR) is 158 cm³/mol. The van der Waals surface area contributed by atoms with E-state index in [4.69, 9.17) is 14.5 Å². The van der Waals surface area contributed by atoms with Gasteiger partial charge in [0, 0.05) is 16.8 Å². The van der Waals surface area contributed by atoms with E-state index < -0.39 is 12.0 Å². The summed E-state index contributed by atoms with van der Waals surface area (Å²) in [4.78, 5) is 33.9. The van der Waals surface area contributed by atoms with Crippen LogP contribution >= 0.6 is 11.8 Å². The number of para-hydroxylation sites is 1. The maximum atomic E-state index is 13.7. The van der Waals surface area contributed by atoms with Crippen molar-refractivity contribution in [1.82, 2.24) is 10.2 Å². The molecule has 204 valence electrons. The van der Waals surface area contributed by atoms with Crippen LogP contribution in [0.15, 0.2) is 107 Å². The molecule has 3 aromatic carbocycles. The molecule has 0 fully saturated rings. The number of nitrogens with one attached hydrogen (secondary N) is 1. The quantitative estimate of drug-likeness (QED) is 0.316. The van der Waals surface area contributed by atoms with Gasteiger partial charge in [-0.3, -0.25) is 4.79 Å². The van der Waals surface area contributed by atoms with Gasteiger partial charge in [0.1, 0.15) is 5.75 Å². The predicted octanol–water partition coefficient (Wildman–Crippen LogP) is 6.24. The van der Waals surface area contributed by atoms with Gasteiger partial charge >= 0.3 is 5.97 Å². The van der Waals surface area contributed by atoms with Crippen molar-refractivity contribution < 1.29 is 19.1 Å². The molecule has 5 rings (SSSR count). The van der Waals surface area contributed by atoms with Crippen LogP contribution in [0.25, 0.3) is 5.70 Å². The van der Waals surface area contributed by atoms with E-state index in [9.17, 15) is 9.59 Å². The molecule has 0 aliphatic carbocycles. The van der Waals surface area contributed by atoms with E-state index in [0.29, 0.717) is 22.2 Å². The molecule has 0 saturated carbocycles. The lowest BCUT2D eigenvalue weighted by molar-refractivity contribution is -0.139. The van der Waals surface area contributed by atoms with Crippen molar-refractivity contribution in [3.63, 3.8) is 0 Å². The van der Waals surface area contributed by atoms with E-state index in [1.54, 1.807) is 14.0 Å². The Labute approximate surface area is 238 Å². The van der Waals surface area contributed by atoms with Crippen molar-refractivity contribution in [1.29, 1.82) is 0 Å². The van der Waals surface area contributed by atoms with E-state index in [0.717, 1.165) is 22.4 Å². The molecule has 8 heteroatoms. The van der Waals surface area contributed by atoms with Gasteiger partial charge in [0.25, 0.3) is 0 Å². The fourth-order valence-electron chi connectivity index (χ4n) is 4.96. The number of nitrogens with zero attached hydrogens (tertiary/aromatic N) is 2. The molecule has 2 heterocycles. The number of esters is 1. The van der Waals surface area contributed by atoms with Crippen molar-refractivity contribution in [3.8, 4) is 5.75 Å². The summed E-state index contributed by atoms with van der Waals surface area (Å²) in [7, 11) is 1.61. The maximum Gasteiger partial charge on any atom is 0.338 e. The Morgan fingerprint density at radius 1 is 1.00 bits per heavy atom. The lowest BCUT2D eigenvalue weighted by Crippen LogP contribution is -2.38. The molecule has 0 radical (unpaired) electrons. The number of ether oxygens (including phenoxy) is 2. The van der Waals surface area contributed by atoms with Gasteiger partial charge in [0.15, 0.2) is 5.17 Å². The number of hydrogen-bond donors (Lipinski definition) is 1. The fourth-order valence-corrected chi connectivity index (χ4v) is 5.88. The van der Waals surface area contributed by atoms with Crippen LogP contribution in [0.1, 0.15) is 49.0 Å². The summed E-state index contributed by atoms with van der Waals surface area (Å²) in [6, 6.07) is 26.3. The standard InChI is InChI=1S/C32H31N3O4S/c1-4-39-31(37)28-29(23-15-9-6-10-16-23)34-32-35(30(28)25-17-11-12-18-26(25)38-3)24(20-40-32)19-27(36)33-21(2)22-13-7-5-8-14-22/h5-18,20-21,30H,4,19H2,1-3H3,(H,33,36). The van der Waals surface area contributed by atoms with Gasteiger partial charge in [0.05, 0.1) is 43.5 Å². The smallest absolute Gasteiger partial charge is 0.338 e. The minimum atomic E-state index is -0.612. The zero-order valence-electron chi connectivity index (χ0n) is 22.7. The highest BCUT2D eigenvalue weighted by Gasteiger charge is 2.43. The van der Waals surface area contributed by atoms with Crippen molar-refractivity contribution >= 4 is 34.5 Å². The minimum absolute atomic E-state index is 0.117. The number of hydrogen-bond acceptors (Lipinski definition) is 7. The van der Waals surface area contributed by atoms with E-state index in [1.807, 2.05) is 102 Å². The van der Waals surface area contributed by atoms with E-state index in [-0.39, 0.29) is 25.0 Å². The first-order valence-electron chi connectivity index (χ1n) is 13.2. The second-order valence-corrected chi connectivity index (χ2v) is 10.2. The first kappa shape index (κ1) is 27.3. The summed E-state index contributed by atoms with van der Waals surface area (Å²) in [5.74, 6) is 0.0403. The monoisotopic (exact) mass is 553 g/mol. The van der Waals surface area contributed by atoms with E-state index >= 15 is 0 Å². The third-order valence-electron chi connectivity index (χ3n) is 6.80. The topological polar surface area (TPSA) is 80.2 Å². The molecule has 0 bridgehead atoms. The number of methoxy groups -OCH3 is 1. The number of thioether (sulfide) groups is 1. The van der Waals surface area contributed by atoms with Gasteiger partial charge < -0.3 is 19.7 Å². The third-order valence-corrected chi connectivity index (χ3v) is 7.69. The number of rotatable bonds is 9. The molecule has 0 spiro atoms. The van der Waals surface area contributed by atoms with Crippen molar-refractivity contribution in [2.45, 2.75) is 32.4 Å². The Balaban J connectivity index is 1.56. The minimum Gasteiger partial charge on any atom is -0.496 e. The number of aliphatic imine (C=N–C) groups is 1. The van der Waals surface area contributed by atoms with Crippen LogP contribution in [-0.2, 0) is 14.3 Å². The SMILES string of the molecule is CCOC(=O)C1=C(c2ccccc2)N=C2SC=C(CC(=O)NC(C)c3ccccc3)N2C1c1ccccc1OC. The van der Waals surface area contributed by atoms with E-state index in [2.05, 4.69) is 5.32 Å². The lowest BCUT2D eigenvalue weighted by Gasteiger charge is -2.37. The van der Waals surface area contributed by atoms with Gasteiger partial charge in [-0.05, 0) is 30.9 Å². The Bertz CT molecular complexity index is 1480. The second-order valence-electron chi connectivity index (χ2n) is 9.36. The number of fused-ring (bicyclic) bond motifs is 1. The first-order chi connectivity index (χ1) is 19.5. The van der Waals surface area contributed by atoms with Gasteiger partial charge in [-0.2, -0.15) is 0 Å². The van der Waals surface area contributed by atoms with Crippen LogP contribution in [0.5, 0.6) is 5.75 Å². The van der Waals surface area contributed by atoms with Crippen LogP contribution < -0.4 is 10.1 Å². The average molecular weight is 554 g/mol. The summed E-state index contributed by atoms with van der Waals surface area (Å²) in [6.45, 7) is 3.96. The Morgan fingerprint density at radius 2 is 1.68 bits per heavy atom. The third kappa shape index (κ3) is 5.53.